The molecule has 88 valence electrons. The highest BCUT2D eigenvalue weighted by molar-refractivity contribution is 7.99. The van der Waals surface area contributed by atoms with Gasteiger partial charge in [-0.25, -0.2) is 4.98 Å². The number of hydrogen-bond acceptors (Lipinski definition) is 4. The maximum atomic E-state index is 11.0. The van der Waals surface area contributed by atoms with Gasteiger partial charge in [-0.2, -0.15) is 0 Å². The first kappa shape index (κ1) is 12.8. The molecule has 4 nitrogen and oxygen atoms in total. The minimum absolute atomic E-state index is 0.265. The average molecular weight is 239 g/mol. The molecule has 0 aliphatic carbocycles. The van der Waals surface area contributed by atoms with Crippen molar-refractivity contribution in [3.63, 3.8) is 0 Å². The van der Waals surface area contributed by atoms with Gasteiger partial charge in [0.15, 0.2) is 0 Å². The minimum Gasteiger partial charge on any atom is -0.397 e. The summed E-state index contributed by atoms with van der Waals surface area (Å²) in [5.41, 5.74) is 11.8. The largest absolute Gasteiger partial charge is 0.397 e. The molecule has 0 radical (unpaired) electrons. The second-order valence-electron chi connectivity index (χ2n) is 3.78. The Bertz CT molecular complexity index is 381. The number of nitrogens with two attached hydrogens (primary N) is 2. The predicted molar refractivity (Wildman–Crippen MR) is 67.3 cm³/mol. The molecule has 0 fully saturated rings. The van der Waals surface area contributed by atoms with Crippen LogP contribution in [0.4, 0.5) is 5.69 Å². The van der Waals surface area contributed by atoms with Gasteiger partial charge in [0.25, 0.3) is 5.91 Å². The summed E-state index contributed by atoms with van der Waals surface area (Å²) in [5.74, 6) is 1.02. The highest BCUT2D eigenvalue weighted by atomic mass is 32.2. The summed E-state index contributed by atoms with van der Waals surface area (Å²) in [7, 11) is 0. The number of thioether (sulfide) groups is 1. The van der Waals surface area contributed by atoms with Crippen LogP contribution >= 0.6 is 11.8 Å². The van der Waals surface area contributed by atoms with E-state index in [1.54, 1.807) is 23.9 Å². The number of pyridine rings is 1. The quantitative estimate of drug-likeness (QED) is 0.769. The Morgan fingerprint density at radius 3 is 2.81 bits per heavy atom. The van der Waals surface area contributed by atoms with Gasteiger partial charge < -0.3 is 11.5 Å². The molecule has 0 saturated carbocycles. The summed E-state index contributed by atoms with van der Waals surface area (Å²) >= 11 is 1.57. The summed E-state index contributed by atoms with van der Waals surface area (Å²) in [6.07, 6.45) is 1.11. The van der Waals surface area contributed by atoms with E-state index in [1.807, 2.05) is 0 Å². The third-order valence-electron chi connectivity index (χ3n) is 2.34. The van der Waals surface area contributed by atoms with E-state index in [-0.39, 0.29) is 5.69 Å². The smallest absolute Gasteiger partial charge is 0.267 e. The van der Waals surface area contributed by atoms with Crippen molar-refractivity contribution < 1.29 is 4.79 Å². The second kappa shape index (κ2) is 5.75. The van der Waals surface area contributed by atoms with E-state index < -0.39 is 5.91 Å². The second-order valence-corrected chi connectivity index (χ2v) is 4.79. The molecule has 0 spiro atoms. The molecular weight excluding hydrogens is 222 g/mol. The first-order valence-corrected chi connectivity index (χ1v) is 6.22. The van der Waals surface area contributed by atoms with Gasteiger partial charge in [-0.1, -0.05) is 20.3 Å². The Labute approximate surface area is 99.8 Å². The van der Waals surface area contributed by atoms with Gasteiger partial charge in [-0.05, 0) is 18.1 Å². The molecule has 1 aromatic heterocycles. The zero-order chi connectivity index (χ0) is 12.1. The zero-order valence-electron chi connectivity index (χ0n) is 9.56. The molecule has 1 amide bonds. The van der Waals surface area contributed by atoms with Crippen LogP contribution in [0.3, 0.4) is 0 Å². The Morgan fingerprint density at radius 2 is 2.25 bits per heavy atom. The number of nitrogen functional groups attached to an aromatic ring is 1. The van der Waals surface area contributed by atoms with Crippen LogP contribution in [-0.2, 0) is 0 Å². The van der Waals surface area contributed by atoms with E-state index in [9.17, 15) is 4.79 Å². The van der Waals surface area contributed by atoms with Crippen LogP contribution in [0, 0.1) is 5.92 Å². The number of carbonyl (C=O) groups excluding carboxylic acids is 1. The van der Waals surface area contributed by atoms with E-state index in [4.69, 9.17) is 11.5 Å². The number of hydrogen-bond donors (Lipinski definition) is 2. The molecule has 4 N–H and O–H groups in total. The summed E-state index contributed by atoms with van der Waals surface area (Å²) in [4.78, 5) is 15.1. The fourth-order valence-electron chi connectivity index (χ4n) is 1.04. The maximum absolute atomic E-state index is 11.0. The number of aromatic nitrogens is 1. The van der Waals surface area contributed by atoms with Crippen LogP contribution < -0.4 is 11.5 Å². The molecule has 1 atom stereocenters. The van der Waals surface area contributed by atoms with Gasteiger partial charge in [-0.3, -0.25) is 4.79 Å². The fourth-order valence-corrected chi connectivity index (χ4v) is 2.12. The topological polar surface area (TPSA) is 82.0 Å². The van der Waals surface area contributed by atoms with Crippen molar-refractivity contribution in [2.75, 3.05) is 11.5 Å². The Kier molecular flexibility index (Phi) is 4.61. The van der Waals surface area contributed by atoms with E-state index >= 15 is 0 Å². The number of rotatable bonds is 5. The Balaban J connectivity index is 2.78. The monoisotopic (exact) mass is 239 g/mol. The summed E-state index contributed by atoms with van der Waals surface area (Å²) in [6, 6.07) is 3.22. The molecule has 0 aliphatic heterocycles. The van der Waals surface area contributed by atoms with E-state index in [2.05, 4.69) is 18.8 Å². The van der Waals surface area contributed by atoms with Crippen molar-refractivity contribution in [1.29, 1.82) is 0 Å². The fraction of sp³-hybridized carbons (Fsp3) is 0.455. The summed E-state index contributed by atoms with van der Waals surface area (Å²) in [5, 5.41) is 0.691. The summed E-state index contributed by atoms with van der Waals surface area (Å²) in [6.45, 7) is 4.31. The minimum atomic E-state index is -0.523. The highest BCUT2D eigenvalue weighted by Crippen LogP contribution is 2.25. The maximum Gasteiger partial charge on any atom is 0.267 e. The number of amides is 1. The SMILES string of the molecule is CCC(C)CSc1nc(C(N)=O)ccc1N. The number of carbonyl (C=O) groups is 1. The van der Waals surface area contributed by atoms with E-state index in [0.29, 0.717) is 16.6 Å². The standard InChI is InChI=1S/C11H17N3OS/c1-3-7(2)6-16-11-8(12)4-5-9(14-11)10(13)15/h4-5,7H,3,6,12H2,1-2H3,(H2,13,15). The molecule has 0 aromatic carbocycles. The lowest BCUT2D eigenvalue weighted by atomic mass is 10.2. The third-order valence-corrected chi connectivity index (χ3v) is 3.68. The van der Waals surface area contributed by atoms with Gasteiger partial charge in [0, 0.05) is 5.75 Å². The number of primary amides is 1. The van der Waals surface area contributed by atoms with Gasteiger partial charge in [-0.15, -0.1) is 11.8 Å². The lowest BCUT2D eigenvalue weighted by Gasteiger charge is -2.09. The average Bonchev–Trinajstić information content (AvgIpc) is 2.27. The van der Waals surface area contributed by atoms with Crippen molar-refractivity contribution in [2.45, 2.75) is 25.3 Å². The van der Waals surface area contributed by atoms with E-state index in [1.165, 1.54) is 0 Å². The molecule has 0 bridgehead atoms. The number of nitrogens with zero attached hydrogens (tertiary/aromatic N) is 1. The van der Waals surface area contributed by atoms with Crippen LogP contribution in [0.1, 0.15) is 30.8 Å². The van der Waals surface area contributed by atoms with Crippen LogP contribution in [0.15, 0.2) is 17.2 Å². The van der Waals surface area contributed by atoms with Crippen molar-refractivity contribution in [3.8, 4) is 0 Å². The molecule has 5 heteroatoms. The summed E-state index contributed by atoms with van der Waals surface area (Å²) < 4.78 is 0. The van der Waals surface area contributed by atoms with E-state index in [0.717, 1.165) is 12.2 Å². The van der Waals surface area contributed by atoms with Gasteiger partial charge >= 0.3 is 0 Å². The Hall–Kier alpha value is -1.23. The molecule has 0 aliphatic rings. The number of anilines is 1. The van der Waals surface area contributed by atoms with Crippen molar-refractivity contribution in [2.24, 2.45) is 11.7 Å². The van der Waals surface area contributed by atoms with Gasteiger partial charge in [0.05, 0.1) is 5.69 Å². The molecule has 1 heterocycles. The lowest BCUT2D eigenvalue weighted by Crippen LogP contribution is -2.13. The highest BCUT2D eigenvalue weighted by Gasteiger charge is 2.09. The first-order chi connectivity index (χ1) is 7.54. The Morgan fingerprint density at radius 1 is 1.56 bits per heavy atom. The van der Waals surface area contributed by atoms with Gasteiger partial charge in [0.1, 0.15) is 10.7 Å². The zero-order valence-corrected chi connectivity index (χ0v) is 10.4. The molecule has 1 unspecified atom stereocenters. The van der Waals surface area contributed by atoms with Crippen molar-refractivity contribution in [3.05, 3.63) is 17.8 Å². The lowest BCUT2D eigenvalue weighted by molar-refractivity contribution is 0.0995. The molecule has 1 rings (SSSR count). The van der Waals surface area contributed by atoms with Crippen molar-refractivity contribution in [1.82, 2.24) is 4.98 Å². The van der Waals surface area contributed by atoms with Crippen LogP contribution in [0.2, 0.25) is 0 Å². The van der Waals surface area contributed by atoms with Crippen LogP contribution in [0.5, 0.6) is 0 Å². The third kappa shape index (κ3) is 3.41. The molecule has 1 aromatic rings. The normalized spacial score (nSPS) is 12.4. The van der Waals surface area contributed by atoms with Crippen molar-refractivity contribution >= 4 is 23.4 Å². The van der Waals surface area contributed by atoms with Crippen LogP contribution in [0.25, 0.3) is 0 Å². The molecule has 16 heavy (non-hydrogen) atoms. The first-order valence-electron chi connectivity index (χ1n) is 5.23. The molecule has 0 saturated heterocycles. The van der Waals surface area contributed by atoms with Crippen LogP contribution in [-0.4, -0.2) is 16.6 Å². The molecular formula is C11H17N3OS. The van der Waals surface area contributed by atoms with Gasteiger partial charge in [0.2, 0.25) is 0 Å². The predicted octanol–water partition coefficient (Wildman–Crippen LogP) is 1.90.